The zero-order valence-corrected chi connectivity index (χ0v) is 18.1. The number of amides is 3. The van der Waals surface area contributed by atoms with Crippen molar-refractivity contribution in [2.24, 2.45) is 5.73 Å². The number of rotatable bonds is 9. The second-order valence-corrected chi connectivity index (χ2v) is 8.20. The summed E-state index contributed by atoms with van der Waals surface area (Å²) in [6.07, 6.45) is 0.710. The molecule has 2 aromatic rings. The van der Waals surface area contributed by atoms with Gasteiger partial charge in [0.1, 0.15) is 17.5 Å². The summed E-state index contributed by atoms with van der Waals surface area (Å²) in [5, 5.41) is 4.09. The lowest BCUT2D eigenvalue weighted by molar-refractivity contribution is -0.144. The van der Waals surface area contributed by atoms with Gasteiger partial charge in [0.25, 0.3) is 5.24 Å². The van der Waals surface area contributed by atoms with Gasteiger partial charge in [-0.05, 0) is 41.8 Å². The maximum atomic E-state index is 11.9. The van der Waals surface area contributed by atoms with E-state index in [4.69, 9.17) is 15.2 Å². The maximum Gasteiger partial charge on any atom is 0.328 e. The lowest BCUT2D eigenvalue weighted by atomic mass is 10.1. The molecule has 2 unspecified atom stereocenters. The summed E-state index contributed by atoms with van der Waals surface area (Å²) in [4.78, 5) is 46.4. The number of nitrogens with two attached hydrogens (primary N) is 1. The van der Waals surface area contributed by atoms with Crippen LogP contribution in [0.3, 0.4) is 0 Å². The molecule has 10 heteroatoms. The molecule has 0 aliphatic carbocycles. The molecule has 1 fully saturated rings. The molecule has 1 heterocycles. The molecule has 4 N–H and O–H groups in total. The van der Waals surface area contributed by atoms with Gasteiger partial charge in [0, 0.05) is 6.42 Å². The number of thioether (sulfide) groups is 1. The van der Waals surface area contributed by atoms with E-state index in [1.807, 2.05) is 12.1 Å². The Balaban J connectivity index is 1.57. The first-order chi connectivity index (χ1) is 15.4. The van der Waals surface area contributed by atoms with Gasteiger partial charge < -0.3 is 20.5 Å². The summed E-state index contributed by atoms with van der Waals surface area (Å²) in [6, 6.07) is 13.5. The highest BCUT2D eigenvalue weighted by molar-refractivity contribution is 8.15. The largest absolute Gasteiger partial charge is 0.467 e. The van der Waals surface area contributed by atoms with Crippen LogP contribution in [0.2, 0.25) is 0 Å². The van der Waals surface area contributed by atoms with Crippen molar-refractivity contribution in [1.29, 1.82) is 0 Å². The third-order valence-electron chi connectivity index (χ3n) is 4.72. The Kier molecular flexibility index (Phi) is 7.85. The van der Waals surface area contributed by atoms with Gasteiger partial charge >= 0.3 is 5.97 Å². The van der Waals surface area contributed by atoms with Crippen LogP contribution in [-0.4, -0.2) is 48.0 Å². The third kappa shape index (κ3) is 6.32. The molecular weight excluding hydrogens is 434 g/mol. The standard InChI is InChI=1S/C22H23N3O6S/c1-30-21(28)17(24-19(26)12-23)10-13-2-6-15(7-3-13)31-16-8-4-14(5-9-16)11-18-20(27)25-22(29)32-18/h2-9,17-18H,10-12,23H2,1H3,(H,24,26)(H,25,27,29). The molecule has 2 aromatic carbocycles. The van der Waals surface area contributed by atoms with E-state index in [2.05, 4.69) is 10.6 Å². The summed E-state index contributed by atoms with van der Waals surface area (Å²) in [7, 11) is 1.26. The number of ether oxygens (including phenoxy) is 2. The summed E-state index contributed by atoms with van der Waals surface area (Å²) >= 11 is 0.999. The highest BCUT2D eigenvalue weighted by Gasteiger charge is 2.31. The van der Waals surface area contributed by atoms with Crippen molar-refractivity contribution in [2.75, 3.05) is 13.7 Å². The molecule has 0 aromatic heterocycles. The Bertz CT molecular complexity index is 994. The normalized spacial score (nSPS) is 16.2. The predicted octanol–water partition coefficient (Wildman–Crippen LogP) is 1.53. The van der Waals surface area contributed by atoms with Crippen molar-refractivity contribution in [2.45, 2.75) is 24.1 Å². The Morgan fingerprint density at radius 1 is 1.06 bits per heavy atom. The molecule has 9 nitrogen and oxygen atoms in total. The van der Waals surface area contributed by atoms with Crippen LogP contribution in [0.4, 0.5) is 4.79 Å². The number of benzene rings is 2. The molecule has 0 bridgehead atoms. The van der Waals surface area contributed by atoms with Crippen molar-refractivity contribution < 1.29 is 28.7 Å². The van der Waals surface area contributed by atoms with Gasteiger partial charge in [0.2, 0.25) is 11.8 Å². The van der Waals surface area contributed by atoms with Crippen LogP contribution in [0.25, 0.3) is 0 Å². The molecule has 3 rings (SSSR count). The van der Waals surface area contributed by atoms with Crippen molar-refractivity contribution in [3.8, 4) is 11.5 Å². The van der Waals surface area contributed by atoms with E-state index in [1.165, 1.54) is 7.11 Å². The smallest absolute Gasteiger partial charge is 0.328 e. The lowest BCUT2D eigenvalue weighted by Crippen LogP contribution is -2.45. The molecule has 2 atom stereocenters. The molecule has 1 aliphatic heterocycles. The van der Waals surface area contributed by atoms with Crippen LogP contribution in [-0.2, 0) is 32.0 Å². The monoisotopic (exact) mass is 457 g/mol. The zero-order valence-electron chi connectivity index (χ0n) is 17.3. The van der Waals surface area contributed by atoms with E-state index in [9.17, 15) is 19.2 Å². The van der Waals surface area contributed by atoms with Crippen LogP contribution in [0, 0.1) is 0 Å². The molecule has 1 saturated heterocycles. The fourth-order valence-electron chi connectivity index (χ4n) is 3.09. The molecular formula is C22H23N3O6S. The van der Waals surface area contributed by atoms with Crippen LogP contribution in [0.15, 0.2) is 48.5 Å². The highest BCUT2D eigenvalue weighted by Crippen LogP contribution is 2.26. The average molecular weight is 458 g/mol. The van der Waals surface area contributed by atoms with Crippen molar-refractivity contribution in [1.82, 2.24) is 10.6 Å². The van der Waals surface area contributed by atoms with Gasteiger partial charge in [-0.2, -0.15) is 0 Å². The van der Waals surface area contributed by atoms with E-state index < -0.39 is 23.2 Å². The number of esters is 1. The topological polar surface area (TPSA) is 137 Å². The number of carbonyl (C=O) groups is 4. The minimum atomic E-state index is -0.828. The number of imide groups is 1. The number of carbonyl (C=O) groups excluding carboxylic acids is 4. The Morgan fingerprint density at radius 2 is 1.66 bits per heavy atom. The van der Waals surface area contributed by atoms with E-state index in [-0.39, 0.29) is 24.1 Å². The number of nitrogens with one attached hydrogen (secondary N) is 2. The van der Waals surface area contributed by atoms with Crippen LogP contribution in [0.1, 0.15) is 11.1 Å². The predicted molar refractivity (Wildman–Crippen MR) is 118 cm³/mol. The van der Waals surface area contributed by atoms with Gasteiger partial charge in [-0.15, -0.1) is 0 Å². The quantitative estimate of drug-likeness (QED) is 0.482. The Morgan fingerprint density at radius 3 is 2.16 bits per heavy atom. The highest BCUT2D eigenvalue weighted by atomic mass is 32.2. The molecule has 0 radical (unpaired) electrons. The molecule has 3 amide bonds. The zero-order chi connectivity index (χ0) is 23.1. The van der Waals surface area contributed by atoms with E-state index in [1.54, 1.807) is 36.4 Å². The van der Waals surface area contributed by atoms with E-state index in [0.717, 1.165) is 22.9 Å². The van der Waals surface area contributed by atoms with E-state index >= 15 is 0 Å². The van der Waals surface area contributed by atoms with Crippen LogP contribution >= 0.6 is 11.8 Å². The average Bonchev–Trinajstić information content (AvgIpc) is 3.11. The van der Waals surface area contributed by atoms with E-state index in [0.29, 0.717) is 17.9 Å². The first-order valence-corrected chi connectivity index (χ1v) is 10.7. The van der Waals surface area contributed by atoms with Gasteiger partial charge in [-0.25, -0.2) is 4.79 Å². The van der Waals surface area contributed by atoms with Crippen LogP contribution < -0.4 is 21.1 Å². The Hall–Kier alpha value is -3.37. The summed E-state index contributed by atoms with van der Waals surface area (Å²) in [5.41, 5.74) is 7.02. The summed E-state index contributed by atoms with van der Waals surface area (Å²) < 4.78 is 10.6. The van der Waals surface area contributed by atoms with Crippen LogP contribution in [0.5, 0.6) is 11.5 Å². The summed E-state index contributed by atoms with van der Waals surface area (Å²) in [6.45, 7) is -0.218. The van der Waals surface area contributed by atoms with Gasteiger partial charge in [-0.1, -0.05) is 36.0 Å². The fraction of sp³-hybridized carbons (Fsp3) is 0.273. The number of hydrogen-bond acceptors (Lipinski definition) is 8. The first-order valence-electron chi connectivity index (χ1n) is 9.82. The molecule has 0 saturated carbocycles. The minimum absolute atomic E-state index is 0.218. The van der Waals surface area contributed by atoms with Gasteiger partial charge in [0.15, 0.2) is 0 Å². The van der Waals surface area contributed by atoms with Crippen molar-refractivity contribution in [3.63, 3.8) is 0 Å². The number of hydrogen-bond donors (Lipinski definition) is 3. The molecule has 0 spiro atoms. The lowest BCUT2D eigenvalue weighted by Gasteiger charge is -2.16. The second kappa shape index (κ2) is 10.8. The fourth-order valence-corrected chi connectivity index (χ4v) is 3.95. The van der Waals surface area contributed by atoms with Crippen molar-refractivity contribution in [3.05, 3.63) is 59.7 Å². The second-order valence-electron chi connectivity index (χ2n) is 7.03. The molecule has 32 heavy (non-hydrogen) atoms. The number of methoxy groups -OCH3 is 1. The molecule has 1 aliphatic rings. The third-order valence-corrected chi connectivity index (χ3v) is 5.70. The molecule has 168 valence electrons. The van der Waals surface area contributed by atoms with Crippen molar-refractivity contribution >= 4 is 34.8 Å². The summed E-state index contributed by atoms with van der Waals surface area (Å²) in [5.74, 6) is -0.0488. The SMILES string of the molecule is COC(=O)C(Cc1ccc(Oc2ccc(CC3SC(=O)NC3=O)cc2)cc1)NC(=O)CN. The van der Waals surface area contributed by atoms with Gasteiger partial charge in [-0.3, -0.25) is 19.7 Å². The Labute approximate surface area is 189 Å². The first kappa shape index (κ1) is 23.3. The minimum Gasteiger partial charge on any atom is -0.467 e. The maximum absolute atomic E-state index is 11.9. The van der Waals surface area contributed by atoms with Gasteiger partial charge in [0.05, 0.1) is 18.9 Å².